The van der Waals surface area contributed by atoms with Crippen molar-refractivity contribution in [1.82, 2.24) is 0 Å². The van der Waals surface area contributed by atoms with Gasteiger partial charge in [-0.15, -0.1) is 6.42 Å². The second-order valence-corrected chi connectivity index (χ2v) is 3.51. The fourth-order valence-corrected chi connectivity index (χ4v) is 0.958. The molecule has 0 bridgehead atoms. The minimum absolute atomic E-state index is 0. The fraction of sp³-hybridized carbons (Fsp3) is 0.800. The van der Waals surface area contributed by atoms with Crippen molar-refractivity contribution in [2.75, 3.05) is 0 Å². The van der Waals surface area contributed by atoms with Gasteiger partial charge in [0.2, 0.25) is 0 Å². The number of hydrogen-bond acceptors (Lipinski definition) is 1. The molecule has 0 N–H and O–H groups in total. The molecule has 0 radical (unpaired) electrons. The van der Waals surface area contributed by atoms with E-state index in [0.29, 0.717) is 18.3 Å². The molecule has 0 aliphatic carbocycles. The van der Waals surface area contributed by atoms with Gasteiger partial charge in [0.25, 0.3) is 0 Å². The minimum Gasteiger partial charge on any atom is -0.542 e. The summed E-state index contributed by atoms with van der Waals surface area (Å²) >= 11 is 0. The van der Waals surface area contributed by atoms with Gasteiger partial charge in [-0.05, 0) is 0 Å². The Labute approximate surface area is 90.0 Å². The maximum atomic E-state index is 9.98. The zero-order valence-electron chi connectivity index (χ0n) is 8.08. The van der Waals surface area contributed by atoms with Crippen LogP contribution in [0.4, 0.5) is 0 Å². The summed E-state index contributed by atoms with van der Waals surface area (Å²) in [6, 6.07) is 0. The van der Waals surface area contributed by atoms with Gasteiger partial charge in [-0.25, -0.2) is 0 Å². The van der Waals surface area contributed by atoms with Crippen LogP contribution in [0.25, 0.3) is 0 Å². The normalized spacial score (nSPS) is 12.3. The minimum atomic E-state index is 0. The number of hydrogen-bond donors (Lipinski definition) is 0. The van der Waals surface area contributed by atoms with Gasteiger partial charge in [-0.3, -0.25) is 6.29 Å². The summed E-state index contributed by atoms with van der Waals surface area (Å²) < 4.78 is 0. The molecule has 1 unspecified atom stereocenters. The first-order valence-electron chi connectivity index (χ1n) is 4.35. The Morgan fingerprint density at radius 1 is 1.33 bits per heavy atom. The van der Waals surface area contributed by atoms with Crippen LogP contribution in [0.15, 0.2) is 0 Å². The predicted octanol–water partition coefficient (Wildman–Crippen LogP) is 2.76. The van der Waals surface area contributed by atoms with E-state index in [9.17, 15) is 4.79 Å². The molecule has 0 amide bonds. The molecular formula is C10H18OPd. The van der Waals surface area contributed by atoms with E-state index in [2.05, 4.69) is 27.2 Å². The molecule has 0 aliphatic heterocycles. The van der Waals surface area contributed by atoms with E-state index in [0.717, 1.165) is 12.8 Å². The Kier molecular flexibility index (Phi) is 11.6. The first kappa shape index (κ1) is 14.8. The molecule has 2 heteroatoms. The molecule has 0 saturated carbocycles. The molecule has 0 fully saturated rings. The summed E-state index contributed by atoms with van der Waals surface area (Å²) in [5, 5.41) is 0. The first-order valence-corrected chi connectivity index (χ1v) is 4.35. The van der Waals surface area contributed by atoms with E-state index in [1.54, 1.807) is 0 Å². The first-order chi connectivity index (χ1) is 5.16. The molecule has 74 valence electrons. The van der Waals surface area contributed by atoms with E-state index < -0.39 is 0 Å². The zero-order valence-corrected chi connectivity index (χ0v) is 9.63. The Morgan fingerprint density at radius 3 is 2.33 bits per heavy atom. The maximum Gasteiger partial charge on any atom is 2.00 e. The number of rotatable bonds is 6. The van der Waals surface area contributed by atoms with Crippen LogP contribution in [-0.4, -0.2) is 6.29 Å². The fourth-order valence-electron chi connectivity index (χ4n) is 0.958. The Hall–Kier alpha value is 0.332. The van der Waals surface area contributed by atoms with E-state index in [1.807, 2.05) is 6.29 Å². The van der Waals surface area contributed by atoms with Crippen molar-refractivity contribution in [3.63, 3.8) is 0 Å². The van der Waals surface area contributed by atoms with Gasteiger partial charge in [0, 0.05) is 0 Å². The van der Waals surface area contributed by atoms with E-state index >= 15 is 0 Å². The van der Waals surface area contributed by atoms with Crippen molar-refractivity contribution in [2.45, 2.75) is 40.0 Å². The van der Waals surface area contributed by atoms with Crippen LogP contribution in [-0.2, 0) is 25.2 Å². The third-order valence-corrected chi connectivity index (χ3v) is 1.73. The Morgan fingerprint density at radius 2 is 1.92 bits per heavy atom. The van der Waals surface area contributed by atoms with E-state index in [4.69, 9.17) is 0 Å². The van der Waals surface area contributed by atoms with Crippen molar-refractivity contribution in [3.05, 3.63) is 6.42 Å². The molecule has 1 nitrogen and oxygen atoms in total. The largest absolute Gasteiger partial charge is 2.00 e. The zero-order chi connectivity index (χ0) is 8.69. The van der Waals surface area contributed by atoms with E-state index in [1.165, 1.54) is 0 Å². The second kappa shape index (κ2) is 9.42. The van der Waals surface area contributed by atoms with Gasteiger partial charge < -0.3 is 11.2 Å². The molecule has 0 aliphatic rings. The van der Waals surface area contributed by atoms with Crippen LogP contribution in [0.1, 0.15) is 40.0 Å². The summed E-state index contributed by atoms with van der Waals surface area (Å²) in [5.41, 5.74) is 0. The summed E-state index contributed by atoms with van der Waals surface area (Å²) in [6.45, 7) is 6.45. The average Bonchev–Trinajstić information content (AvgIpc) is 1.87. The molecule has 0 saturated heterocycles. The maximum absolute atomic E-state index is 9.98. The van der Waals surface area contributed by atoms with Gasteiger partial charge in [0.1, 0.15) is 0 Å². The molecular weight excluding hydrogens is 243 g/mol. The van der Waals surface area contributed by atoms with Crippen molar-refractivity contribution < 1.29 is 25.2 Å². The topological polar surface area (TPSA) is 17.1 Å². The van der Waals surface area contributed by atoms with Crippen molar-refractivity contribution in [3.8, 4) is 0 Å². The van der Waals surface area contributed by atoms with Crippen molar-refractivity contribution in [1.29, 1.82) is 0 Å². The van der Waals surface area contributed by atoms with Crippen LogP contribution < -0.4 is 0 Å². The van der Waals surface area contributed by atoms with Gasteiger partial charge in [0.05, 0.1) is 0 Å². The number of carbonyl (C=O) groups excluding carboxylic acids is 1. The smallest absolute Gasteiger partial charge is 0.542 e. The molecule has 0 aromatic heterocycles. The second-order valence-electron chi connectivity index (χ2n) is 3.51. The van der Waals surface area contributed by atoms with Crippen LogP contribution in [0, 0.1) is 18.3 Å². The third kappa shape index (κ3) is 10.3. The molecule has 0 aromatic rings. The molecule has 1 atom stereocenters. The summed E-state index contributed by atoms with van der Waals surface area (Å²) in [4.78, 5) is 9.98. The molecule has 12 heavy (non-hydrogen) atoms. The van der Waals surface area contributed by atoms with Gasteiger partial charge in [0.15, 0.2) is 0 Å². The predicted molar refractivity (Wildman–Crippen MR) is 47.8 cm³/mol. The van der Waals surface area contributed by atoms with Gasteiger partial charge in [-0.2, -0.15) is 12.3 Å². The quantitative estimate of drug-likeness (QED) is 0.530. The van der Waals surface area contributed by atoms with Crippen LogP contribution in [0.3, 0.4) is 0 Å². The molecule has 0 rings (SSSR count). The van der Waals surface area contributed by atoms with Crippen LogP contribution >= 0.6 is 0 Å². The summed E-state index contributed by atoms with van der Waals surface area (Å²) in [5.74, 6) is 1.17. The molecule has 0 heterocycles. The van der Waals surface area contributed by atoms with Gasteiger partial charge in [-0.1, -0.05) is 33.1 Å². The Balaban J connectivity index is 0. The van der Waals surface area contributed by atoms with Crippen LogP contribution in [0.5, 0.6) is 0 Å². The Bertz CT molecular complexity index is 102. The summed E-state index contributed by atoms with van der Waals surface area (Å²) in [6.07, 6.45) is 7.07. The third-order valence-electron chi connectivity index (χ3n) is 1.73. The van der Waals surface area contributed by atoms with Gasteiger partial charge >= 0.3 is 20.4 Å². The molecule has 0 spiro atoms. The van der Waals surface area contributed by atoms with Crippen LogP contribution in [0.2, 0.25) is 0 Å². The SMILES string of the molecule is CC(C)[CH-]CCC(C)C[C-]=O.[Pd+2]. The van der Waals surface area contributed by atoms with E-state index in [-0.39, 0.29) is 20.4 Å². The van der Waals surface area contributed by atoms with Crippen molar-refractivity contribution >= 4 is 6.29 Å². The van der Waals surface area contributed by atoms with Crippen molar-refractivity contribution in [2.24, 2.45) is 11.8 Å². The standard InChI is InChI=1S/C10H18O.Pd/c1-9(2)5-4-6-10(3)7-8-11;/h5,9-10H,4,6-7H2,1-3H3;/q-2;+2. The summed E-state index contributed by atoms with van der Waals surface area (Å²) in [7, 11) is 0. The molecule has 0 aromatic carbocycles. The monoisotopic (exact) mass is 260 g/mol. The average molecular weight is 261 g/mol.